The first-order valence-corrected chi connectivity index (χ1v) is 5.40. The molecule has 0 aliphatic heterocycles. The van der Waals surface area contributed by atoms with E-state index in [9.17, 15) is 0 Å². The molecule has 1 heterocycles. The van der Waals surface area contributed by atoms with Gasteiger partial charge in [-0.05, 0) is 31.2 Å². The molecule has 2 aromatic rings. The van der Waals surface area contributed by atoms with E-state index in [4.69, 9.17) is 9.84 Å². The molecule has 0 aliphatic rings. The summed E-state index contributed by atoms with van der Waals surface area (Å²) in [7, 11) is 0. The third kappa shape index (κ3) is 3.09. The highest BCUT2D eigenvalue weighted by molar-refractivity contribution is 5.38. The Morgan fingerprint density at radius 1 is 1.28 bits per heavy atom. The number of benzene rings is 1. The van der Waals surface area contributed by atoms with E-state index in [-0.39, 0.29) is 6.61 Å². The van der Waals surface area contributed by atoms with Crippen molar-refractivity contribution in [1.29, 1.82) is 0 Å². The Bertz CT molecular complexity index is 564. The van der Waals surface area contributed by atoms with Crippen LogP contribution in [0.4, 0.5) is 0 Å². The van der Waals surface area contributed by atoms with Gasteiger partial charge in [0, 0.05) is 5.56 Å². The average molecular weight is 244 g/mol. The van der Waals surface area contributed by atoms with Crippen LogP contribution in [0.1, 0.15) is 17.0 Å². The number of hydrogen-bond donors (Lipinski definition) is 1. The van der Waals surface area contributed by atoms with Crippen LogP contribution >= 0.6 is 0 Å². The Morgan fingerprint density at radius 3 is 2.67 bits per heavy atom. The molecular weight excluding hydrogens is 232 g/mol. The maximum atomic E-state index is 8.58. The van der Waals surface area contributed by atoms with Crippen molar-refractivity contribution >= 4 is 0 Å². The van der Waals surface area contributed by atoms with Crippen LogP contribution < -0.4 is 4.74 Å². The fourth-order valence-electron chi connectivity index (χ4n) is 1.31. The third-order valence-corrected chi connectivity index (χ3v) is 2.29. The second-order valence-electron chi connectivity index (χ2n) is 3.57. The van der Waals surface area contributed by atoms with Crippen molar-refractivity contribution in [3.63, 3.8) is 0 Å². The van der Waals surface area contributed by atoms with E-state index in [2.05, 4.69) is 26.8 Å². The summed E-state index contributed by atoms with van der Waals surface area (Å²) in [5.74, 6) is 6.10. The summed E-state index contributed by atoms with van der Waals surface area (Å²) in [5, 5.41) is 16.0. The van der Waals surface area contributed by atoms with Gasteiger partial charge < -0.3 is 9.84 Å². The fourth-order valence-corrected chi connectivity index (χ4v) is 1.31. The predicted molar refractivity (Wildman–Crippen MR) is 63.8 cm³/mol. The molecule has 0 atom stereocenters. The lowest BCUT2D eigenvalue weighted by molar-refractivity contribution is 0.270. The van der Waals surface area contributed by atoms with E-state index >= 15 is 0 Å². The molecule has 1 N–H and O–H groups in total. The Balaban J connectivity index is 1.96. The van der Waals surface area contributed by atoms with Crippen LogP contribution in [0.3, 0.4) is 0 Å². The maximum absolute atomic E-state index is 8.58. The standard InChI is InChI=1S/C13H12N2O3/c1-10-13(15-18-14-10)9-17-12-6-4-11(5-7-12)3-2-8-16/h4-7,16H,8-9H2,1H3. The Labute approximate surface area is 104 Å². The molecule has 5 heteroatoms. The number of aromatic nitrogens is 2. The van der Waals surface area contributed by atoms with Gasteiger partial charge in [-0.25, -0.2) is 4.63 Å². The molecule has 0 spiro atoms. The zero-order chi connectivity index (χ0) is 12.8. The van der Waals surface area contributed by atoms with Crippen LogP contribution in [0.5, 0.6) is 5.75 Å². The van der Waals surface area contributed by atoms with Crippen LogP contribution in [-0.2, 0) is 6.61 Å². The van der Waals surface area contributed by atoms with Crippen LogP contribution in [0.25, 0.3) is 0 Å². The molecule has 92 valence electrons. The van der Waals surface area contributed by atoms with E-state index < -0.39 is 0 Å². The van der Waals surface area contributed by atoms with Gasteiger partial charge in [0.1, 0.15) is 30.4 Å². The molecular formula is C13H12N2O3. The topological polar surface area (TPSA) is 68.4 Å². The molecule has 0 radical (unpaired) electrons. The van der Waals surface area contributed by atoms with Crippen molar-refractivity contribution in [2.24, 2.45) is 0 Å². The van der Waals surface area contributed by atoms with E-state index in [1.165, 1.54) is 0 Å². The lowest BCUT2D eigenvalue weighted by Gasteiger charge is -2.03. The van der Waals surface area contributed by atoms with Gasteiger partial charge in [0.2, 0.25) is 0 Å². The minimum absolute atomic E-state index is 0.142. The van der Waals surface area contributed by atoms with Crippen molar-refractivity contribution in [3.05, 3.63) is 41.2 Å². The number of aliphatic hydroxyl groups excluding tert-OH is 1. The Kier molecular flexibility index (Phi) is 3.94. The van der Waals surface area contributed by atoms with Gasteiger partial charge in [-0.1, -0.05) is 22.2 Å². The van der Waals surface area contributed by atoms with Gasteiger partial charge >= 0.3 is 0 Å². The number of hydrogen-bond acceptors (Lipinski definition) is 5. The zero-order valence-corrected chi connectivity index (χ0v) is 9.88. The van der Waals surface area contributed by atoms with Crippen molar-refractivity contribution < 1.29 is 14.5 Å². The molecule has 18 heavy (non-hydrogen) atoms. The molecule has 0 aliphatic carbocycles. The highest BCUT2D eigenvalue weighted by atomic mass is 16.6. The van der Waals surface area contributed by atoms with Crippen molar-refractivity contribution in [2.75, 3.05) is 6.61 Å². The predicted octanol–water partition coefficient (Wildman–Crippen LogP) is 1.30. The molecule has 1 aromatic carbocycles. The second-order valence-corrected chi connectivity index (χ2v) is 3.57. The van der Waals surface area contributed by atoms with Gasteiger partial charge in [-0.3, -0.25) is 0 Å². The van der Waals surface area contributed by atoms with Gasteiger partial charge in [-0.2, -0.15) is 0 Å². The maximum Gasteiger partial charge on any atom is 0.145 e. The van der Waals surface area contributed by atoms with Gasteiger partial charge in [0.05, 0.1) is 0 Å². The van der Waals surface area contributed by atoms with Gasteiger partial charge in [-0.15, -0.1) is 0 Å². The number of aliphatic hydroxyl groups is 1. The smallest absolute Gasteiger partial charge is 0.145 e. The Morgan fingerprint density at radius 2 is 2.06 bits per heavy atom. The summed E-state index contributed by atoms with van der Waals surface area (Å²) in [5.41, 5.74) is 2.23. The average Bonchev–Trinajstić information content (AvgIpc) is 2.81. The molecule has 5 nitrogen and oxygen atoms in total. The van der Waals surface area contributed by atoms with E-state index in [1.54, 1.807) is 0 Å². The normalized spacial score (nSPS) is 9.67. The van der Waals surface area contributed by atoms with Gasteiger partial charge in [0.25, 0.3) is 0 Å². The Hall–Kier alpha value is -2.32. The first kappa shape index (κ1) is 12.1. The SMILES string of the molecule is Cc1nonc1COc1ccc(C#CCO)cc1. The van der Waals surface area contributed by atoms with Crippen LogP contribution in [0, 0.1) is 18.8 Å². The molecule has 0 fully saturated rings. The fraction of sp³-hybridized carbons (Fsp3) is 0.231. The van der Waals surface area contributed by atoms with E-state index in [1.807, 2.05) is 31.2 Å². The van der Waals surface area contributed by atoms with Crippen LogP contribution in [0.2, 0.25) is 0 Å². The summed E-state index contributed by atoms with van der Waals surface area (Å²) < 4.78 is 10.1. The molecule has 2 rings (SSSR count). The monoisotopic (exact) mass is 244 g/mol. The number of ether oxygens (including phenoxy) is 1. The zero-order valence-electron chi connectivity index (χ0n) is 9.88. The molecule has 1 aromatic heterocycles. The first-order valence-electron chi connectivity index (χ1n) is 5.40. The van der Waals surface area contributed by atoms with Crippen molar-refractivity contribution in [1.82, 2.24) is 10.3 Å². The minimum Gasteiger partial charge on any atom is -0.487 e. The summed E-state index contributed by atoms with van der Waals surface area (Å²) in [6.45, 7) is 1.98. The second kappa shape index (κ2) is 5.84. The number of nitrogens with zero attached hydrogens (tertiary/aromatic N) is 2. The van der Waals surface area contributed by atoms with E-state index in [0.29, 0.717) is 18.1 Å². The third-order valence-electron chi connectivity index (χ3n) is 2.29. The van der Waals surface area contributed by atoms with Crippen molar-refractivity contribution in [2.45, 2.75) is 13.5 Å². The molecule has 0 unspecified atom stereocenters. The summed E-state index contributed by atoms with van der Waals surface area (Å²) >= 11 is 0. The highest BCUT2D eigenvalue weighted by Crippen LogP contribution is 2.13. The lowest BCUT2D eigenvalue weighted by Crippen LogP contribution is -1.97. The molecule has 0 amide bonds. The van der Waals surface area contributed by atoms with Gasteiger partial charge in [0.15, 0.2) is 0 Å². The highest BCUT2D eigenvalue weighted by Gasteiger charge is 2.05. The van der Waals surface area contributed by atoms with E-state index in [0.717, 1.165) is 11.3 Å². The summed E-state index contributed by atoms with van der Waals surface area (Å²) in [6, 6.07) is 7.27. The molecule has 0 bridgehead atoms. The lowest BCUT2D eigenvalue weighted by atomic mass is 10.2. The quantitative estimate of drug-likeness (QED) is 0.824. The summed E-state index contributed by atoms with van der Waals surface area (Å²) in [4.78, 5) is 0. The number of rotatable bonds is 3. The molecule has 0 saturated heterocycles. The van der Waals surface area contributed by atoms with Crippen LogP contribution in [0.15, 0.2) is 28.9 Å². The van der Waals surface area contributed by atoms with Crippen LogP contribution in [-0.4, -0.2) is 22.0 Å². The summed E-state index contributed by atoms with van der Waals surface area (Å²) in [6.07, 6.45) is 0. The van der Waals surface area contributed by atoms with Crippen molar-refractivity contribution in [3.8, 4) is 17.6 Å². The molecule has 0 saturated carbocycles. The number of aryl methyl sites for hydroxylation is 1. The largest absolute Gasteiger partial charge is 0.487 e. The first-order chi connectivity index (χ1) is 8.79. The minimum atomic E-state index is -0.142.